The van der Waals surface area contributed by atoms with Crippen molar-refractivity contribution >= 4 is 11.9 Å². The van der Waals surface area contributed by atoms with Crippen LogP contribution >= 0.6 is 0 Å². The van der Waals surface area contributed by atoms with Crippen molar-refractivity contribution in [1.29, 1.82) is 0 Å². The Balaban J connectivity index is 2.42. The molecule has 0 aromatic carbocycles. The van der Waals surface area contributed by atoms with Crippen LogP contribution in [0.4, 0.5) is 0 Å². The lowest BCUT2D eigenvalue weighted by atomic mass is 9.90. The van der Waals surface area contributed by atoms with Crippen molar-refractivity contribution in [1.82, 2.24) is 0 Å². The molecule has 2 rings (SSSR count). The van der Waals surface area contributed by atoms with Gasteiger partial charge in [0, 0.05) is 12.8 Å². The summed E-state index contributed by atoms with van der Waals surface area (Å²) in [6.07, 6.45) is -17.2. The van der Waals surface area contributed by atoms with Crippen molar-refractivity contribution in [2.24, 2.45) is 0 Å². The van der Waals surface area contributed by atoms with E-state index in [0.717, 1.165) is 0 Å². The third kappa shape index (κ3) is 4.96. The highest BCUT2D eigenvalue weighted by Crippen LogP contribution is 2.38. The smallest absolute Gasteiger partial charge is 0.364 e. The monoisotopic (exact) mass is 458 g/mol. The summed E-state index contributed by atoms with van der Waals surface area (Å²) < 4.78 is 15.4. The summed E-state index contributed by atoms with van der Waals surface area (Å²) in [5.74, 6) is -9.72. The standard InChI is InChI=1S/C16H26O15/c17-3-7(21)10-9(23)5(19)2-16(30-10,14(26)27)31-11-6(20)1-15(28,13(24)25)29-12(11)8(22)4-18/h5-12,17-23,28H,1-4H2,(H,24,25)(H,26,27)/t5-,6-,7-,8-,9-,10-,11-,12-,15-,16+/m1/s1. The SMILES string of the molecule is O=C(O)[C@@]1(O[C@H]2[C@@H]([C@H](O)CO)O[C@@](O)(C(=O)O)C[C@H]2O)C[C@@H](O)[C@@H](O)[C@@H]([C@H](O)CO)O1. The molecule has 0 amide bonds. The molecule has 0 aliphatic carbocycles. The van der Waals surface area contributed by atoms with E-state index in [1.807, 2.05) is 0 Å². The van der Waals surface area contributed by atoms with Crippen LogP contribution in [-0.2, 0) is 23.8 Å². The third-order valence-corrected chi connectivity index (χ3v) is 5.17. The van der Waals surface area contributed by atoms with Gasteiger partial charge in [0.05, 0.1) is 25.4 Å². The first-order valence-electron chi connectivity index (χ1n) is 9.16. The van der Waals surface area contributed by atoms with Gasteiger partial charge in [-0.3, -0.25) is 0 Å². The first kappa shape index (κ1) is 25.8. The molecule has 31 heavy (non-hydrogen) atoms. The summed E-state index contributed by atoms with van der Waals surface area (Å²) in [6.45, 7) is -2.06. The molecule has 0 radical (unpaired) electrons. The number of carboxylic acids is 2. The van der Waals surface area contributed by atoms with Crippen LogP contribution in [0, 0.1) is 0 Å². The van der Waals surface area contributed by atoms with Gasteiger partial charge in [-0.2, -0.15) is 0 Å². The number of aliphatic carboxylic acids is 2. The van der Waals surface area contributed by atoms with E-state index in [9.17, 15) is 50.4 Å². The minimum absolute atomic E-state index is 0.952. The Morgan fingerprint density at radius 3 is 1.94 bits per heavy atom. The molecule has 2 saturated heterocycles. The Morgan fingerprint density at radius 1 is 0.903 bits per heavy atom. The first-order chi connectivity index (χ1) is 14.3. The quantitative estimate of drug-likeness (QED) is 0.162. The van der Waals surface area contributed by atoms with Crippen LogP contribution in [0.3, 0.4) is 0 Å². The Morgan fingerprint density at radius 2 is 1.45 bits per heavy atom. The van der Waals surface area contributed by atoms with Gasteiger partial charge >= 0.3 is 11.9 Å². The molecule has 2 fully saturated rings. The maximum Gasteiger partial charge on any atom is 0.364 e. The topological polar surface area (TPSA) is 264 Å². The van der Waals surface area contributed by atoms with Crippen LogP contribution in [0.25, 0.3) is 0 Å². The molecular formula is C16H26O15. The number of aliphatic hydroxyl groups is 8. The minimum atomic E-state index is -3.00. The van der Waals surface area contributed by atoms with Gasteiger partial charge in [-0.1, -0.05) is 0 Å². The number of hydrogen-bond acceptors (Lipinski definition) is 13. The molecule has 10 atom stereocenters. The number of ether oxygens (including phenoxy) is 3. The van der Waals surface area contributed by atoms with Crippen molar-refractivity contribution in [3.05, 3.63) is 0 Å². The van der Waals surface area contributed by atoms with Crippen molar-refractivity contribution in [3.8, 4) is 0 Å². The molecule has 180 valence electrons. The molecule has 0 aromatic heterocycles. The molecule has 15 nitrogen and oxygen atoms in total. The maximum atomic E-state index is 12.0. The fraction of sp³-hybridized carbons (Fsp3) is 0.875. The molecule has 10 N–H and O–H groups in total. The zero-order chi connectivity index (χ0) is 23.7. The van der Waals surface area contributed by atoms with Crippen LogP contribution in [0.5, 0.6) is 0 Å². The fourth-order valence-corrected chi connectivity index (χ4v) is 3.49. The highest BCUT2D eigenvalue weighted by atomic mass is 16.8. The lowest BCUT2D eigenvalue weighted by molar-refractivity contribution is -0.375. The molecule has 0 saturated carbocycles. The lowest BCUT2D eigenvalue weighted by Crippen LogP contribution is -2.68. The van der Waals surface area contributed by atoms with Crippen LogP contribution in [-0.4, -0.2) is 137 Å². The zero-order valence-corrected chi connectivity index (χ0v) is 16.0. The fourth-order valence-electron chi connectivity index (χ4n) is 3.49. The summed E-state index contributed by atoms with van der Waals surface area (Å²) in [5.41, 5.74) is 0. The molecule has 0 bridgehead atoms. The molecule has 2 heterocycles. The van der Waals surface area contributed by atoms with Gasteiger partial charge in [-0.25, -0.2) is 9.59 Å². The molecule has 15 heteroatoms. The van der Waals surface area contributed by atoms with Gasteiger partial charge in [-0.15, -0.1) is 0 Å². The van der Waals surface area contributed by atoms with E-state index in [4.69, 9.17) is 24.4 Å². The second kappa shape index (κ2) is 9.55. The molecule has 0 aromatic rings. The van der Waals surface area contributed by atoms with Gasteiger partial charge < -0.3 is 65.3 Å². The predicted octanol–water partition coefficient (Wildman–Crippen LogP) is -5.71. The highest BCUT2D eigenvalue weighted by molar-refractivity contribution is 5.76. The number of carbonyl (C=O) groups is 2. The van der Waals surface area contributed by atoms with Crippen molar-refractivity contribution in [2.45, 2.75) is 73.2 Å². The van der Waals surface area contributed by atoms with E-state index < -0.39 is 98.4 Å². The summed E-state index contributed by atoms with van der Waals surface area (Å²) in [4.78, 5) is 23.3. The van der Waals surface area contributed by atoms with Gasteiger partial charge in [0.2, 0.25) is 0 Å². The number of aliphatic hydroxyl groups excluding tert-OH is 7. The summed E-state index contributed by atoms with van der Waals surface area (Å²) in [6, 6.07) is 0. The van der Waals surface area contributed by atoms with E-state index in [0.29, 0.717) is 0 Å². The number of hydrogen-bond donors (Lipinski definition) is 10. The minimum Gasteiger partial charge on any atom is -0.477 e. The zero-order valence-electron chi connectivity index (χ0n) is 16.0. The number of carboxylic acid groups (broad SMARTS) is 2. The van der Waals surface area contributed by atoms with Gasteiger partial charge in [0.25, 0.3) is 11.6 Å². The molecule has 0 unspecified atom stereocenters. The van der Waals surface area contributed by atoms with Crippen LogP contribution in [0.15, 0.2) is 0 Å². The molecule has 0 spiro atoms. The number of rotatable bonds is 8. The van der Waals surface area contributed by atoms with E-state index in [-0.39, 0.29) is 0 Å². The van der Waals surface area contributed by atoms with Crippen molar-refractivity contribution < 1.29 is 74.9 Å². The van der Waals surface area contributed by atoms with Crippen molar-refractivity contribution in [2.75, 3.05) is 13.2 Å². The molecular weight excluding hydrogens is 432 g/mol. The maximum absolute atomic E-state index is 12.0. The van der Waals surface area contributed by atoms with Crippen LogP contribution in [0.1, 0.15) is 12.8 Å². The summed E-state index contributed by atoms with van der Waals surface area (Å²) in [5, 5.41) is 97.4. The third-order valence-electron chi connectivity index (χ3n) is 5.17. The average molecular weight is 458 g/mol. The lowest BCUT2D eigenvalue weighted by Gasteiger charge is -2.49. The second-order valence-corrected chi connectivity index (χ2v) is 7.43. The average Bonchev–Trinajstić information content (AvgIpc) is 2.70. The Kier molecular flexibility index (Phi) is 7.94. The molecule has 2 aliphatic heterocycles. The summed E-state index contributed by atoms with van der Waals surface area (Å²) in [7, 11) is 0. The molecule has 2 aliphatic rings. The first-order valence-corrected chi connectivity index (χ1v) is 9.16. The van der Waals surface area contributed by atoms with Crippen molar-refractivity contribution in [3.63, 3.8) is 0 Å². The second-order valence-electron chi connectivity index (χ2n) is 7.43. The largest absolute Gasteiger partial charge is 0.477 e. The normalized spacial score (nSPS) is 43.2. The highest BCUT2D eigenvalue weighted by Gasteiger charge is 2.60. The predicted molar refractivity (Wildman–Crippen MR) is 91.0 cm³/mol. The Labute approximate surface area is 174 Å². The van der Waals surface area contributed by atoms with Gasteiger partial charge in [-0.05, 0) is 0 Å². The Bertz CT molecular complexity index is 659. The van der Waals surface area contributed by atoms with Crippen LogP contribution in [0.2, 0.25) is 0 Å². The van der Waals surface area contributed by atoms with E-state index in [1.165, 1.54) is 0 Å². The van der Waals surface area contributed by atoms with Gasteiger partial charge in [0.15, 0.2) is 0 Å². The van der Waals surface area contributed by atoms with E-state index in [2.05, 4.69) is 0 Å². The summed E-state index contributed by atoms with van der Waals surface area (Å²) >= 11 is 0. The van der Waals surface area contributed by atoms with Crippen LogP contribution < -0.4 is 0 Å². The van der Waals surface area contributed by atoms with Gasteiger partial charge in [0.1, 0.15) is 36.6 Å². The Hall–Kier alpha value is -1.50. The van der Waals surface area contributed by atoms with E-state index >= 15 is 0 Å². The van der Waals surface area contributed by atoms with E-state index in [1.54, 1.807) is 0 Å².